The molecule has 0 radical (unpaired) electrons. The minimum atomic E-state index is -0.749. The summed E-state index contributed by atoms with van der Waals surface area (Å²) in [5.41, 5.74) is 8.12. The Morgan fingerprint density at radius 2 is 1.80 bits per heavy atom. The minimum Gasteiger partial charge on any atom is -0.506 e. The third kappa shape index (κ3) is 4.58. The third-order valence-electron chi connectivity index (χ3n) is 5.08. The van der Waals surface area contributed by atoms with Gasteiger partial charge in [-0.3, -0.25) is 4.79 Å². The summed E-state index contributed by atoms with van der Waals surface area (Å²) in [5, 5.41) is 10.5. The number of phenols is 1. The maximum Gasteiger partial charge on any atom is 0.354 e. The number of nitrogens with two attached hydrogens (primary N) is 1. The molecule has 3 aromatic rings. The van der Waals surface area contributed by atoms with Gasteiger partial charge in [-0.15, -0.1) is 12.4 Å². The smallest absolute Gasteiger partial charge is 0.354 e. The van der Waals surface area contributed by atoms with Crippen molar-refractivity contribution in [2.24, 2.45) is 11.7 Å². The first kappa shape index (κ1) is 23.3. The number of carbonyl (C=O) groups excluding carboxylic acids is 2. The number of aromatic hydroxyl groups is 1. The van der Waals surface area contributed by atoms with Crippen LogP contribution in [0.2, 0.25) is 0 Å². The van der Waals surface area contributed by atoms with Gasteiger partial charge in [-0.05, 0) is 48.2 Å². The Balaban J connectivity index is 0.00000320. The number of benzene rings is 2. The zero-order valence-electron chi connectivity index (χ0n) is 17.0. The monoisotopic (exact) mass is 432 g/mol. The molecule has 2 atom stereocenters. The second kappa shape index (κ2) is 9.65. The number of carbonyl (C=O) groups is 2. The molecule has 0 saturated heterocycles. The molecule has 3 rings (SSSR count). The van der Waals surface area contributed by atoms with Crippen molar-refractivity contribution in [3.8, 4) is 11.5 Å². The van der Waals surface area contributed by atoms with Crippen molar-refractivity contribution in [3.63, 3.8) is 0 Å². The number of aromatic amines is 1. The molecule has 0 aliphatic rings. The van der Waals surface area contributed by atoms with E-state index < -0.39 is 12.0 Å². The van der Waals surface area contributed by atoms with Crippen LogP contribution in [0.25, 0.3) is 10.9 Å². The van der Waals surface area contributed by atoms with Gasteiger partial charge in [0.25, 0.3) is 0 Å². The number of methoxy groups -OCH3 is 2. The topological polar surface area (TPSA) is 115 Å². The summed E-state index contributed by atoms with van der Waals surface area (Å²) >= 11 is 0. The third-order valence-corrected chi connectivity index (χ3v) is 5.08. The molecule has 4 N–H and O–H groups in total. The molecule has 8 heteroatoms. The van der Waals surface area contributed by atoms with E-state index in [1.54, 1.807) is 7.11 Å². The molecule has 2 unspecified atom stereocenters. The zero-order valence-corrected chi connectivity index (χ0v) is 17.8. The highest BCUT2D eigenvalue weighted by atomic mass is 35.5. The van der Waals surface area contributed by atoms with E-state index in [0.717, 1.165) is 11.3 Å². The number of aromatic nitrogens is 1. The largest absolute Gasteiger partial charge is 0.506 e. The standard InChI is InChI=1S/C22H24N2O5.ClH/c1-12(10-13-4-6-14(28-2)7-5-13)19(23)21(26)15-8-9-18(25)20-16(15)11-17(24-20)22(27)29-3;/h4-9,11-12,19,24-25H,10,23H2,1-3H3;1H. The summed E-state index contributed by atoms with van der Waals surface area (Å²) in [5.74, 6) is -0.268. The Morgan fingerprint density at radius 1 is 1.13 bits per heavy atom. The zero-order chi connectivity index (χ0) is 21.1. The van der Waals surface area contributed by atoms with Crippen LogP contribution < -0.4 is 10.5 Å². The van der Waals surface area contributed by atoms with Crippen molar-refractivity contribution in [2.75, 3.05) is 14.2 Å². The normalized spacial score (nSPS) is 12.7. The van der Waals surface area contributed by atoms with Crippen molar-refractivity contribution >= 4 is 35.1 Å². The number of H-pyrrole nitrogens is 1. The highest BCUT2D eigenvalue weighted by molar-refractivity contribution is 6.12. The minimum absolute atomic E-state index is 0. The summed E-state index contributed by atoms with van der Waals surface area (Å²) in [6, 6.07) is 11.3. The molecule has 1 aromatic heterocycles. The number of rotatable bonds is 7. The Kier molecular flexibility index (Phi) is 7.48. The molecule has 160 valence electrons. The van der Waals surface area contributed by atoms with Gasteiger partial charge in [0.05, 0.1) is 25.8 Å². The fourth-order valence-electron chi connectivity index (χ4n) is 3.34. The van der Waals surface area contributed by atoms with Crippen LogP contribution in [-0.2, 0) is 11.2 Å². The summed E-state index contributed by atoms with van der Waals surface area (Å²) in [7, 11) is 2.87. The Labute approximate surface area is 180 Å². The molecule has 0 aliphatic heterocycles. The molecule has 0 saturated carbocycles. The van der Waals surface area contributed by atoms with Gasteiger partial charge < -0.3 is 25.3 Å². The van der Waals surface area contributed by atoms with Gasteiger partial charge in [-0.1, -0.05) is 19.1 Å². The SMILES string of the molecule is COC(=O)c1cc2c(C(=O)C(N)C(C)Cc3ccc(OC)cc3)ccc(O)c2[nH]1.Cl. The molecule has 0 aliphatic carbocycles. The Hall–Kier alpha value is -3.03. The fourth-order valence-corrected chi connectivity index (χ4v) is 3.34. The molecule has 2 aromatic carbocycles. The molecule has 7 nitrogen and oxygen atoms in total. The number of ketones is 1. The molecule has 30 heavy (non-hydrogen) atoms. The molecular formula is C22H25ClN2O5. The van der Waals surface area contributed by atoms with Crippen LogP contribution in [0.4, 0.5) is 0 Å². The van der Waals surface area contributed by atoms with E-state index in [1.807, 2.05) is 31.2 Å². The molecule has 1 heterocycles. The second-order valence-electron chi connectivity index (χ2n) is 7.02. The van der Waals surface area contributed by atoms with Crippen molar-refractivity contribution < 1.29 is 24.2 Å². The Morgan fingerprint density at radius 3 is 2.40 bits per heavy atom. The highest BCUT2D eigenvalue weighted by Gasteiger charge is 2.26. The summed E-state index contributed by atoms with van der Waals surface area (Å²) in [6.07, 6.45) is 0.624. The van der Waals surface area contributed by atoms with Gasteiger partial charge in [0, 0.05) is 10.9 Å². The summed E-state index contributed by atoms with van der Waals surface area (Å²) in [6.45, 7) is 1.92. The fraction of sp³-hybridized carbons (Fsp3) is 0.273. The molecule has 0 fully saturated rings. The number of fused-ring (bicyclic) bond motifs is 1. The van der Waals surface area contributed by atoms with E-state index in [9.17, 15) is 14.7 Å². The van der Waals surface area contributed by atoms with Crippen LogP contribution in [0.15, 0.2) is 42.5 Å². The number of hydrogen-bond acceptors (Lipinski definition) is 6. The summed E-state index contributed by atoms with van der Waals surface area (Å²) < 4.78 is 9.86. The van der Waals surface area contributed by atoms with E-state index in [0.29, 0.717) is 22.9 Å². The number of Topliss-reactive ketones (excluding diaryl/α,β-unsaturated/α-hetero) is 1. The molecule has 0 bridgehead atoms. The maximum atomic E-state index is 13.1. The van der Waals surface area contributed by atoms with Crippen LogP contribution in [0.5, 0.6) is 11.5 Å². The molecule has 0 spiro atoms. The van der Waals surface area contributed by atoms with Gasteiger partial charge >= 0.3 is 5.97 Å². The van der Waals surface area contributed by atoms with Gasteiger partial charge in [0.2, 0.25) is 0 Å². The van der Waals surface area contributed by atoms with E-state index in [2.05, 4.69) is 4.98 Å². The van der Waals surface area contributed by atoms with Crippen LogP contribution in [0.3, 0.4) is 0 Å². The van der Waals surface area contributed by atoms with Gasteiger partial charge in [0.15, 0.2) is 5.78 Å². The number of halogens is 1. The summed E-state index contributed by atoms with van der Waals surface area (Å²) in [4.78, 5) is 27.7. The lowest BCUT2D eigenvalue weighted by molar-refractivity contribution is 0.0595. The number of ether oxygens (including phenoxy) is 2. The van der Waals surface area contributed by atoms with Crippen molar-refractivity contribution in [1.29, 1.82) is 0 Å². The van der Waals surface area contributed by atoms with Crippen LogP contribution in [0, 0.1) is 5.92 Å². The van der Waals surface area contributed by atoms with Crippen molar-refractivity contribution in [3.05, 3.63) is 59.3 Å². The number of phenolic OH excluding ortho intramolecular Hbond substituents is 1. The first-order chi connectivity index (χ1) is 13.8. The predicted molar refractivity (Wildman–Crippen MR) is 117 cm³/mol. The quantitative estimate of drug-likeness (QED) is 0.389. The van der Waals surface area contributed by atoms with Crippen LogP contribution in [0.1, 0.15) is 33.3 Å². The Bertz CT molecular complexity index is 1050. The van der Waals surface area contributed by atoms with Gasteiger partial charge in [-0.25, -0.2) is 4.79 Å². The first-order valence-electron chi connectivity index (χ1n) is 9.21. The van der Waals surface area contributed by atoms with Gasteiger partial charge in [-0.2, -0.15) is 0 Å². The lowest BCUT2D eigenvalue weighted by Gasteiger charge is -2.19. The van der Waals surface area contributed by atoms with Crippen LogP contribution >= 0.6 is 12.4 Å². The van der Waals surface area contributed by atoms with E-state index >= 15 is 0 Å². The average Bonchev–Trinajstić information content (AvgIpc) is 3.19. The van der Waals surface area contributed by atoms with Gasteiger partial charge in [0.1, 0.15) is 17.2 Å². The van der Waals surface area contributed by atoms with E-state index in [-0.39, 0.29) is 35.6 Å². The van der Waals surface area contributed by atoms with E-state index in [1.165, 1.54) is 25.3 Å². The number of esters is 1. The van der Waals surface area contributed by atoms with E-state index in [4.69, 9.17) is 15.2 Å². The second-order valence-corrected chi connectivity index (χ2v) is 7.02. The number of hydrogen-bond donors (Lipinski definition) is 3. The first-order valence-corrected chi connectivity index (χ1v) is 9.21. The molecule has 0 amide bonds. The molecular weight excluding hydrogens is 408 g/mol. The lowest BCUT2D eigenvalue weighted by Crippen LogP contribution is -2.38. The average molecular weight is 433 g/mol. The number of nitrogens with one attached hydrogen (secondary N) is 1. The van der Waals surface area contributed by atoms with Crippen molar-refractivity contribution in [2.45, 2.75) is 19.4 Å². The highest BCUT2D eigenvalue weighted by Crippen LogP contribution is 2.30. The lowest BCUT2D eigenvalue weighted by atomic mass is 9.88. The van der Waals surface area contributed by atoms with Crippen LogP contribution in [-0.4, -0.2) is 42.1 Å². The predicted octanol–water partition coefficient (Wildman–Crippen LogP) is 3.48. The maximum absolute atomic E-state index is 13.1. The van der Waals surface area contributed by atoms with Crippen molar-refractivity contribution in [1.82, 2.24) is 4.98 Å².